The summed E-state index contributed by atoms with van der Waals surface area (Å²) in [5.41, 5.74) is 2.19. The van der Waals surface area contributed by atoms with Gasteiger partial charge >= 0.3 is 0 Å². The second-order valence-corrected chi connectivity index (χ2v) is 5.55. The first-order valence-corrected chi connectivity index (χ1v) is 7.13. The van der Waals surface area contributed by atoms with Crippen LogP contribution < -0.4 is 10.1 Å². The molecule has 0 fully saturated rings. The van der Waals surface area contributed by atoms with Crippen LogP contribution in [0.2, 0.25) is 0 Å². The molecule has 2 rings (SSSR count). The van der Waals surface area contributed by atoms with Crippen LogP contribution in [0, 0.1) is 6.92 Å². The lowest BCUT2D eigenvalue weighted by Gasteiger charge is -2.16. The van der Waals surface area contributed by atoms with Gasteiger partial charge in [-0.2, -0.15) is 0 Å². The molecule has 1 aromatic carbocycles. The molecular formula is C15H19NO2S. The fourth-order valence-corrected chi connectivity index (χ4v) is 2.81. The Bertz CT molecular complexity index is 551. The highest BCUT2D eigenvalue weighted by molar-refractivity contribution is 7.10. The van der Waals surface area contributed by atoms with E-state index < -0.39 is 0 Å². The minimum atomic E-state index is 0.0902. The highest BCUT2D eigenvalue weighted by atomic mass is 32.1. The molecule has 0 saturated heterocycles. The maximum atomic E-state index is 9.99. The average molecular weight is 277 g/mol. The normalized spacial score (nSPS) is 12.4. The summed E-state index contributed by atoms with van der Waals surface area (Å²) >= 11 is 1.75. The number of phenols is 1. The molecule has 0 spiro atoms. The Balaban J connectivity index is 2.03. The minimum absolute atomic E-state index is 0.0902. The van der Waals surface area contributed by atoms with Crippen LogP contribution in [0.1, 0.15) is 29.0 Å². The molecule has 3 nitrogen and oxygen atoms in total. The lowest BCUT2D eigenvalue weighted by atomic mass is 10.1. The van der Waals surface area contributed by atoms with Crippen molar-refractivity contribution in [3.05, 3.63) is 45.6 Å². The summed E-state index contributed by atoms with van der Waals surface area (Å²) in [7, 11) is 1.59. The third-order valence-corrected chi connectivity index (χ3v) is 4.26. The fourth-order valence-electron chi connectivity index (χ4n) is 1.96. The molecule has 1 unspecified atom stereocenters. The summed E-state index contributed by atoms with van der Waals surface area (Å²) in [5, 5.41) is 15.5. The first-order chi connectivity index (χ1) is 9.11. The van der Waals surface area contributed by atoms with E-state index in [4.69, 9.17) is 4.74 Å². The van der Waals surface area contributed by atoms with Crippen LogP contribution in [0.3, 0.4) is 0 Å². The van der Waals surface area contributed by atoms with E-state index in [2.05, 4.69) is 23.7 Å². The Labute approximate surface area is 117 Å². The number of ether oxygens (including phenoxy) is 1. The van der Waals surface area contributed by atoms with E-state index in [1.165, 1.54) is 10.4 Å². The maximum absolute atomic E-state index is 9.99. The van der Waals surface area contributed by atoms with Crippen molar-refractivity contribution in [2.75, 3.05) is 7.11 Å². The Hall–Kier alpha value is -1.52. The largest absolute Gasteiger partial charge is 0.507 e. The molecule has 2 aromatic rings. The van der Waals surface area contributed by atoms with Gasteiger partial charge in [0.1, 0.15) is 11.5 Å². The van der Waals surface area contributed by atoms with Gasteiger partial charge in [0, 0.05) is 29.1 Å². The van der Waals surface area contributed by atoms with E-state index in [0.717, 1.165) is 12.1 Å². The molecule has 0 bridgehead atoms. The van der Waals surface area contributed by atoms with Gasteiger partial charge in [0.05, 0.1) is 7.11 Å². The van der Waals surface area contributed by atoms with Gasteiger partial charge in [-0.05, 0) is 36.9 Å². The summed E-state index contributed by atoms with van der Waals surface area (Å²) in [6.07, 6.45) is 0. The number of nitrogens with one attached hydrogen (secondary N) is 1. The van der Waals surface area contributed by atoms with Crippen LogP contribution in [0.25, 0.3) is 0 Å². The van der Waals surface area contributed by atoms with Gasteiger partial charge in [-0.25, -0.2) is 0 Å². The molecule has 2 N–H and O–H groups in total. The Morgan fingerprint density at radius 1 is 1.37 bits per heavy atom. The highest BCUT2D eigenvalue weighted by Crippen LogP contribution is 2.28. The van der Waals surface area contributed by atoms with Crippen molar-refractivity contribution >= 4 is 11.3 Å². The molecule has 1 atom stereocenters. The molecule has 0 aliphatic rings. The average Bonchev–Trinajstić information content (AvgIpc) is 2.81. The van der Waals surface area contributed by atoms with Gasteiger partial charge < -0.3 is 15.2 Å². The predicted octanol–water partition coefficient (Wildman–Crippen LogP) is 3.62. The Morgan fingerprint density at radius 3 is 2.74 bits per heavy atom. The van der Waals surface area contributed by atoms with Gasteiger partial charge in [-0.3, -0.25) is 0 Å². The predicted molar refractivity (Wildman–Crippen MR) is 79.0 cm³/mol. The third-order valence-electron chi connectivity index (χ3n) is 3.24. The highest BCUT2D eigenvalue weighted by Gasteiger charge is 2.11. The van der Waals surface area contributed by atoms with E-state index in [-0.39, 0.29) is 11.8 Å². The van der Waals surface area contributed by atoms with Gasteiger partial charge in [0.2, 0.25) is 0 Å². The second-order valence-electron chi connectivity index (χ2n) is 4.55. The van der Waals surface area contributed by atoms with E-state index in [9.17, 15) is 5.11 Å². The van der Waals surface area contributed by atoms with E-state index >= 15 is 0 Å². The first kappa shape index (κ1) is 13.9. The van der Waals surface area contributed by atoms with Gasteiger partial charge in [-0.1, -0.05) is 6.07 Å². The van der Waals surface area contributed by atoms with Gasteiger partial charge in [0.25, 0.3) is 0 Å². The van der Waals surface area contributed by atoms with Crippen molar-refractivity contribution in [1.29, 1.82) is 0 Å². The molecule has 0 amide bonds. The van der Waals surface area contributed by atoms with Crippen LogP contribution in [0.4, 0.5) is 0 Å². The van der Waals surface area contributed by atoms with Gasteiger partial charge in [-0.15, -0.1) is 11.3 Å². The molecule has 4 heteroatoms. The van der Waals surface area contributed by atoms with Crippen molar-refractivity contribution in [2.45, 2.75) is 26.4 Å². The van der Waals surface area contributed by atoms with Crippen molar-refractivity contribution in [3.8, 4) is 11.5 Å². The second kappa shape index (κ2) is 6.08. The number of methoxy groups -OCH3 is 1. The van der Waals surface area contributed by atoms with Crippen molar-refractivity contribution < 1.29 is 9.84 Å². The summed E-state index contributed by atoms with van der Waals surface area (Å²) in [6, 6.07) is 7.62. The Morgan fingerprint density at radius 2 is 2.16 bits per heavy atom. The molecule has 19 heavy (non-hydrogen) atoms. The quantitative estimate of drug-likeness (QED) is 0.877. The summed E-state index contributed by atoms with van der Waals surface area (Å²) in [6.45, 7) is 4.98. The van der Waals surface area contributed by atoms with Crippen LogP contribution in [0.5, 0.6) is 11.5 Å². The number of phenolic OH excluding ortho intramolecular Hbond substituents is 1. The number of hydrogen-bond acceptors (Lipinski definition) is 4. The standard InChI is InChI=1S/C15H19NO2S/c1-10-6-7-19-15(10)9-16-11(2)13-5-4-12(18-3)8-14(13)17/h4-8,11,16-17H,9H2,1-3H3. The van der Waals surface area contributed by atoms with Crippen LogP contribution >= 0.6 is 11.3 Å². The SMILES string of the molecule is COc1ccc(C(C)NCc2sccc2C)c(O)c1. The lowest BCUT2D eigenvalue weighted by molar-refractivity contribution is 0.404. The summed E-state index contributed by atoms with van der Waals surface area (Å²) in [4.78, 5) is 1.33. The van der Waals surface area contributed by atoms with Crippen molar-refractivity contribution in [3.63, 3.8) is 0 Å². The topological polar surface area (TPSA) is 41.5 Å². The number of aryl methyl sites for hydroxylation is 1. The van der Waals surface area contributed by atoms with Crippen molar-refractivity contribution in [2.24, 2.45) is 0 Å². The fraction of sp³-hybridized carbons (Fsp3) is 0.333. The summed E-state index contributed by atoms with van der Waals surface area (Å²) in [5.74, 6) is 0.935. The molecule has 0 saturated carbocycles. The maximum Gasteiger partial charge on any atom is 0.124 e. The van der Waals surface area contributed by atoms with Gasteiger partial charge in [0.15, 0.2) is 0 Å². The minimum Gasteiger partial charge on any atom is -0.507 e. The molecule has 0 aliphatic heterocycles. The van der Waals surface area contributed by atoms with Crippen molar-refractivity contribution in [1.82, 2.24) is 5.32 Å². The third kappa shape index (κ3) is 3.28. The molecule has 102 valence electrons. The number of rotatable bonds is 5. The monoisotopic (exact) mass is 277 g/mol. The smallest absolute Gasteiger partial charge is 0.124 e. The molecule has 0 aliphatic carbocycles. The lowest BCUT2D eigenvalue weighted by Crippen LogP contribution is -2.18. The zero-order valence-electron chi connectivity index (χ0n) is 11.4. The molecule has 1 heterocycles. The number of benzene rings is 1. The number of thiophene rings is 1. The van der Waals surface area contributed by atoms with E-state index in [1.54, 1.807) is 24.5 Å². The van der Waals surface area contributed by atoms with E-state index in [0.29, 0.717) is 5.75 Å². The Kier molecular flexibility index (Phi) is 4.45. The number of hydrogen-bond donors (Lipinski definition) is 2. The van der Waals surface area contributed by atoms with Crippen LogP contribution in [0.15, 0.2) is 29.6 Å². The van der Waals surface area contributed by atoms with E-state index in [1.807, 2.05) is 19.1 Å². The summed E-state index contributed by atoms with van der Waals surface area (Å²) < 4.78 is 5.09. The van der Waals surface area contributed by atoms with Crippen LogP contribution in [-0.2, 0) is 6.54 Å². The van der Waals surface area contributed by atoms with Crippen LogP contribution in [-0.4, -0.2) is 12.2 Å². The first-order valence-electron chi connectivity index (χ1n) is 6.25. The zero-order chi connectivity index (χ0) is 13.8. The number of aromatic hydroxyl groups is 1. The molecule has 1 aromatic heterocycles. The molecular weight excluding hydrogens is 258 g/mol. The zero-order valence-corrected chi connectivity index (χ0v) is 12.3. The molecule has 0 radical (unpaired) electrons.